The zero-order chi connectivity index (χ0) is 22.6. The molecule has 0 saturated carbocycles. The number of benzene rings is 2. The highest BCUT2D eigenvalue weighted by atomic mass is 35.5. The molecule has 31 heavy (non-hydrogen) atoms. The Morgan fingerprint density at radius 3 is 2.55 bits per heavy atom. The van der Waals surface area contributed by atoms with E-state index in [1.165, 1.54) is 18.2 Å². The highest BCUT2D eigenvalue weighted by molar-refractivity contribution is 7.92. The van der Waals surface area contributed by atoms with Crippen LogP contribution < -0.4 is 10.0 Å². The first-order chi connectivity index (χ1) is 14.7. The summed E-state index contributed by atoms with van der Waals surface area (Å²) >= 11 is 6.16. The number of nitrogens with zero attached hydrogens (tertiary/aromatic N) is 2. The van der Waals surface area contributed by atoms with Crippen molar-refractivity contribution in [2.45, 2.75) is 38.6 Å². The number of halogens is 1. The molecule has 7 nitrogen and oxygen atoms in total. The molecule has 0 radical (unpaired) electrons. The van der Waals surface area contributed by atoms with Gasteiger partial charge in [0.15, 0.2) is 0 Å². The van der Waals surface area contributed by atoms with Crippen molar-refractivity contribution in [3.63, 3.8) is 0 Å². The molecule has 0 bridgehead atoms. The van der Waals surface area contributed by atoms with Crippen LogP contribution in [0.1, 0.15) is 33.5 Å². The van der Waals surface area contributed by atoms with E-state index in [9.17, 15) is 13.2 Å². The fourth-order valence-electron chi connectivity index (χ4n) is 2.99. The zero-order valence-electron chi connectivity index (χ0n) is 17.6. The van der Waals surface area contributed by atoms with Gasteiger partial charge < -0.3 is 5.32 Å². The van der Waals surface area contributed by atoms with E-state index < -0.39 is 15.9 Å². The van der Waals surface area contributed by atoms with E-state index in [0.29, 0.717) is 25.2 Å². The van der Waals surface area contributed by atoms with Crippen molar-refractivity contribution >= 4 is 33.2 Å². The molecular weight excluding hydrogens is 436 g/mol. The summed E-state index contributed by atoms with van der Waals surface area (Å²) in [7, 11) is -3.87. The molecular formula is C22H25ClN4O3S. The first kappa shape index (κ1) is 22.8. The normalized spacial score (nSPS) is 11.4. The van der Waals surface area contributed by atoms with Crippen LogP contribution in [-0.2, 0) is 16.6 Å². The predicted molar refractivity (Wildman–Crippen MR) is 122 cm³/mol. The number of anilines is 1. The number of nitrogens with one attached hydrogen (secondary N) is 2. The van der Waals surface area contributed by atoms with Gasteiger partial charge in [0.25, 0.3) is 15.9 Å². The summed E-state index contributed by atoms with van der Waals surface area (Å²) in [6.45, 7) is 6.89. The predicted octanol–water partition coefficient (Wildman–Crippen LogP) is 4.08. The Morgan fingerprint density at radius 2 is 1.87 bits per heavy atom. The van der Waals surface area contributed by atoms with E-state index in [0.717, 1.165) is 16.7 Å². The number of aryl methyl sites for hydroxylation is 4. The minimum atomic E-state index is -3.87. The Morgan fingerprint density at radius 1 is 1.10 bits per heavy atom. The molecule has 164 valence electrons. The maximum absolute atomic E-state index is 12.8. The molecule has 9 heteroatoms. The van der Waals surface area contributed by atoms with Gasteiger partial charge in [-0.05, 0) is 74.2 Å². The van der Waals surface area contributed by atoms with Crippen LogP contribution in [0.15, 0.2) is 53.7 Å². The number of carbonyl (C=O) groups excluding carboxylic acids is 1. The monoisotopic (exact) mass is 460 g/mol. The van der Waals surface area contributed by atoms with Crippen LogP contribution in [0.2, 0.25) is 5.02 Å². The quantitative estimate of drug-likeness (QED) is 0.495. The molecule has 1 amide bonds. The lowest BCUT2D eigenvalue weighted by Gasteiger charge is -2.12. The number of aromatic nitrogens is 2. The van der Waals surface area contributed by atoms with Crippen LogP contribution in [0.4, 0.5) is 5.69 Å². The third kappa shape index (κ3) is 5.86. The summed E-state index contributed by atoms with van der Waals surface area (Å²) in [5.41, 5.74) is 3.68. The van der Waals surface area contributed by atoms with Gasteiger partial charge in [0, 0.05) is 25.0 Å². The Hall–Kier alpha value is -2.84. The van der Waals surface area contributed by atoms with Crippen LogP contribution in [-0.4, -0.2) is 30.7 Å². The lowest BCUT2D eigenvalue weighted by atomic mass is 10.1. The molecule has 0 aliphatic carbocycles. The Labute approximate surface area is 187 Å². The second kappa shape index (κ2) is 9.53. The number of amides is 1. The summed E-state index contributed by atoms with van der Waals surface area (Å²) in [4.78, 5) is 12.5. The first-order valence-electron chi connectivity index (χ1n) is 9.82. The van der Waals surface area contributed by atoms with Crippen molar-refractivity contribution in [3.8, 4) is 0 Å². The van der Waals surface area contributed by atoms with Crippen molar-refractivity contribution in [2.75, 3.05) is 11.3 Å². The van der Waals surface area contributed by atoms with Gasteiger partial charge in [-0.15, -0.1) is 0 Å². The summed E-state index contributed by atoms with van der Waals surface area (Å²) in [6, 6.07) is 9.39. The standard InChI is InChI=1S/C22H25ClN4O3S/c1-15-13-25-27(14-15)10-4-9-24-22(28)20-12-19(7-8-21(20)23)31(29,30)26-18-6-5-16(2)17(3)11-18/h5-8,11-14,26H,4,9-10H2,1-3H3,(H,24,28). The first-order valence-corrected chi connectivity index (χ1v) is 11.7. The van der Waals surface area contributed by atoms with Gasteiger partial charge in [0.1, 0.15) is 0 Å². The molecule has 0 unspecified atom stereocenters. The second-order valence-corrected chi connectivity index (χ2v) is 9.53. The van der Waals surface area contributed by atoms with Gasteiger partial charge in [0.05, 0.1) is 21.7 Å². The third-order valence-corrected chi connectivity index (χ3v) is 6.57. The van der Waals surface area contributed by atoms with E-state index in [1.807, 2.05) is 33.0 Å². The topological polar surface area (TPSA) is 93.1 Å². The Bertz CT molecular complexity index is 1210. The van der Waals surface area contributed by atoms with Gasteiger partial charge in [-0.25, -0.2) is 8.42 Å². The van der Waals surface area contributed by atoms with Crippen LogP contribution in [0.3, 0.4) is 0 Å². The molecule has 2 N–H and O–H groups in total. The molecule has 3 rings (SSSR count). The molecule has 0 saturated heterocycles. The lowest BCUT2D eigenvalue weighted by Crippen LogP contribution is -2.26. The van der Waals surface area contributed by atoms with Crippen LogP contribution in [0.5, 0.6) is 0 Å². The summed E-state index contributed by atoms with van der Waals surface area (Å²) in [6.07, 6.45) is 4.38. The Kier molecular flexibility index (Phi) is 7.02. The minimum absolute atomic E-state index is 0.0349. The highest BCUT2D eigenvalue weighted by Gasteiger charge is 2.19. The van der Waals surface area contributed by atoms with Crippen molar-refractivity contribution in [3.05, 3.63) is 76.1 Å². The van der Waals surface area contributed by atoms with Crippen molar-refractivity contribution < 1.29 is 13.2 Å². The van der Waals surface area contributed by atoms with E-state index in [-0.39, 0.29) is 15.5 Å². The Balaban J connectivity index is 1.67. The number of rotatable bonds is 8. The van der Waals surface area contributed by atoms with Gasteiger partial charge in [-0.3, -0.25) is 14.2 Å². The van der Waals surface area contributed by atoms with Gasteiger partial charge in [-0.1, -0.05) is 17.7 Å². The van der Waals surface area contributed by atoms with Crippen LogP contribution >= 0.6 is 11.6 Å². The molecule has 0 aliphatic heterocycles. The molecule has 1 aromatic heterocycles. The average Bonchev–Trinajstić information content (AvgIpc) is 3.13. The van der Waals surface area contributed by atoms with Crippen LogP contribution in [0.25, 0.3) is 0 Å². The third-order valence-electron chi connectivity index (χ3n) is 4.86. The van der Waals surface area contributed by atoms with Crippen LogP contribution in [0, 0.1) is 20.8 Å². The SMILES string of the molecule is Cc1cnn(CCCNC(=O)c2cc(S(=O)(=O)Nc3ccc(C)c(C)c3)ccc2Cl)c1. The molecule has 0 atom stereocenters. The van der Waals surface area contributed by atoms with E-state index in [2.05, 4.69) is 15.1 Å². The van der Waals surface area contributed by atoms with Crippen molar-refractivity contribution in [2.24, 2.45) is 0 Å². The molecule has 0 aliphatic rings. The summed E-state index contributed by atoms with van der Waals surface area (Å²) in [5.74, 6) is -0.426. The number of sulfonamides is 1. The van der Waals surface area contributed by atoms with Gasteiger partial charge >= 0.3 is 0 Å². The number of hydrogen-bond donors (Lipinski definition) is 2. The lowest BCUT2D eigenvalue weighted by molar-refractivity contribution is 0.0952. The number of carbonyl (C=O) groups is 1. The van der Waals surface area contributed by atoms with Gasteiger partial charge in [0.2, 0.25) is 0 Å². The largest absolute Gasteiger partial charge is 0.352 e. The maximum atomic E-state index is 12.8. The van der Waals surface area contributed by atoms with E-state index >= 15 is 0 Å². The fourth-order valence-corrected chi connectivity index (χ4v) is 4.27. The summed E-state index contributed by atoms with van der Waals surface area (Å²) < 4.78 is 30.0. The zero-order valence-corrected chi connectivity index (χ0v) is 19.2. The number of hydrogen-bond acceptors (Lipinski definition) is 4. The molecule has 0 fully saturated rings. The summed E-state index contributed by atoms with van der Waals surface area (Å²) in [5, 5.41) is 7.16. The molecule has 1 heterocycles. The van der Waals surface area contributed by atoms with Crippen molar-refractivity contribution in [1.82, 2.24) is 15.1 Å². The molecule has 0 spiro atoms. The minimum Gasteiger partial charge on any atom is -0.352 e. The fraction of sp³-hybridized carbons (Fsp3) is 0.273. The van der Waals surface area contributed by atoms with E-state index in [4.69, 9.17) is 11.6 Å². The second-order valence-electron chi connectivity index (χ2n) is 7.44. The van der Waals surface area contributed by atoms with Gasteiger partial charge in [-0.2, -0.15) is 5.10 Å². The molecule has 2 aromatic carbocycles. The highest BCUT2D eigenvalue weighted by Crippen LogP contribution is 2.23. The molecule has 3 aromatic rings. The van der Waals surface area contributed by atoms with Crippen molar-refractivity contribution in [1.29, 1.82) is 0 Å². The average molecular weight is 461 g/mol. The smallest absolute Gasteiger partial charge is 0.261 e. The van der Waals surface area contributed by atoms with E-state index in [1.54, 1.807) is 23.0 Å². The maximum Gasteiger partial charge on any atom is 0.261 e.